The van der Waals surface area contributed by atoms with Crippen LogP contribution in [0.1, 0.15) is 386 Å². The van der Waals surface area contributed by atoms with Gasteiger partial charge in [0.1, 0.15) is 0 Å². The van der Waals surface area contributed by atoms with Gasteiger partial charge in [0.05, 0.1) is 25.4 Å². The molecule has 3 N–H and O–H groups in total. The van der Waals surface area contributed by atoms with Crippen molar-refractivity contribution in [2.24, 2.45) is 0 Å². The van der Waals surface area contributed by atoms with Crippen molar-refractivity contribution in [1.29, 1.82) is 0 Å². The molecule has 450 valence electrons. The number of hydrogen-bond donors (Lipinski definition) is 3. The number of amides is 1. The molecule has 0 rings (SSSR count). The number of carbonyl (C=O) groups is 2. The molecule has 0 bridgehead atoms. The molecular weight excluding hydrogens is 935 g/mol. The van der Waals surface area contributed by atoms with Crippen LogP contribution in [-0.2, 0) is 14.3 Å². The topological polar surface area (TPSA) is 95.9 Å². The van der Waals surface area contributed by atoms with Gasteiger partial charge in [-0.05, 0) is 77.0 Å². The number of hydrogen-bond acceptors (Lipinski definition) is 5. The predicted octanol–water partition coefficient (Wildman–Crippen LogP) is 22.1. The Morgan fingerprint density at radius 3 is 0.934 bits per heavy atom. The molecule has 0 aromatic rings. The lowest BCUT2D eigenvalue weighted by atomic mass is 10.0. The van der Waals surface area contributed by atoms with Crippen LogP contribution < -0.4 is 5.32 Å². The maximum absolute atomic E-state index is 12.5. The summed E-state index contributed by atoms with van der Waals surface area (Å²) in [6, 6.07) is -0.543. The molecule has 6 nitrogen and oxygen atoms in total. The summed E-state index contributed by atoms with van der Waals surface area (Å²) in [7, 11) is 0. The molecule has 0 aliphatic rings. The van der Waals surface area contributed by atoms with Crippen molar-refractivity contribution >= 4 is 11.9 Å². The number of ether oxygens (including phenoxy) is 1. The Kier molecular flexibility index (Phi) is 64.4. The van der Waals surface area contributed by atoms with Gasteiger partial charge in [-0.15, -0.1) is 0 Å². The molecule has 0 aromatic heterocycles. The number of esters is 1. The van der Waals surface area contributed by atoms with Crippen LogP contribution in [0.5, 0.6) is 0 Å². The Bertz CT molecular complexity index is 1190. The van der Waals surface area contributed by atoms with Gasteiger partial charge in [0.15, 0.2) is 0 Å². The van der Waals surface area contributed by atoms with Gasteiger partial charge < -0.3 is 20.3 Å². The maximum atomic E-state index is 12.5. The summed E-state index contributed by atoms with van der Waals surface area (Å²) in [5.74, 6) is -0.0217. The number of aliphatic hydroxyl groups excluding tert-OH is 2. The zero-order valence-electron chi connectivity index (χ0n) is 51.5. The second-order valence-corrected chi connectivity index (χ2v) is 23.9. The van der Waals surface area contributed by atoms with E-state index in [4.69, 9.17) is 4.74 Å². The first-order chi connectivity index (χ1) is 37.5. The first kappa shape index (κ1) is 74.3. The van der Waals surface area contributed by atoms with Crippen molar-refractivity contribution in [2.75, 3.05) is 13.2 Å². The molecule has 0 aliphatic heterocycles. The van der Waals surface area contributed by atoms with Crippen molar-refractivity contribution in [2.45, 2.75) is 398 Å². The lowest BCUT2D eigenvalue weighted by Gasteiger charge is -2.22. The molecule has 2 atom stereocenters. The van der Waals surface area contributed by atoms with Crippen molar-refractivity contribution in [3.05, 3.63) is 24.3 Å². The summed E-state index contributed by atoms with van der Waals surface area (Å²) in [5, 5.41) is 23.3. The second-order valence-electron chi connectivity index (χ2n) is 23.9. The normalized spacial score (nSPS) is 12.6. The average molecular weight is 1070 g/mol. The van der Waals surface area contributed by atoms with E-state index in [-0.39, 0.29) is 18.5 Å². The van der Waals surface area contributed by atoms with Gasteiger partial charge in [0, 0.05) is 12.8 Å². The lowest BCUT2D eigenvalue weighted by molar-refractivity contribution is -0.143. The summed E-state index contributed by atoms with van der Waals surface area (Å²) < 4.78 is 5.51. The number of aliphatic hydroxyl groups is 2. The lowest BCUT2D eigenvalue weighted by Crippen LogP contribution is -2.45. The highest BCUT2D eigenvalue weighted by Crippen LogP contribution is 2.18. The monoisotopic (exact) mass is 1070 g/mol. The molecule has 0 aromatic carbocycles. The highest BCUT2D eigenvalue weighted by molar-refractivity contribution is 5.76. The van der Waals surface area contributed by atoms with E-state index in [2.05, 4.69) is 43.5 Å². The van der Waals surface area contributed by atoms with Gasteiger partial charge in [0.2, 0.25) is 5.91 Å². The molecule has 0 heterocycles. The van der Waals surface area contributed by atoms with Crippen molar-refractivity contribution in [1.82, 2.24) is 5.32 Å². The molecule has 0 saturated carbocycles. The average Bonchev–Trinajstić information content (AvgIpc) is 3.42. The van der Waals surface area contributed by atoms with Crippen LogP contribution in [-0.4, -0.2) is 47.4 Å². The maximum Gasteiger partial charge on any atom is 0.305 e. The quantitative estimate of drug-likeness (QED) is 0.0320. The summed E-state index contributed by atoms with van der Waals surface area (Å²) in [5.41, 5.74) is 0. The first-order valence-corrected chi connectivity index (χ1v) is 34.6. The molecule has 0 spiro atoms. The molecule has 0 radical (unpaired) electrons. The van der Waals surface area contributed by atoms with Gasteiger partial charge in [-0.2, -0.15) is 0 Å². The van der Waals surface area contributed by atoms with E-state index in [1.807, 2.05) is 0 Å². The molecular formula is C70H135NO5. The van der Waals surface area contributed by atoms with E-state index in [0.29, 0.717) is 25.9 Å². The molecule has 0 fully saturated rings. The van der Waals surface area contributed by atoms with Gasteiger partial charge in [-0.25, -0.2) is 0 Å². The number of unbranched alkanes of at least 4 members (excludes halogenated alkanes) is 50. The van der Waals surface area contributed by atoms with E-state index in [1.54, 1.807) is 0 Å². The number of nitrogens with one attached hydrogen (secondary N) is 1. The smallest absolute Gasteiger partial charge is 0.305 e. The molecule has 0 aliphatic carbocycles. The van der Waals surface area contributed by atoms with Crippen LogP contribution >= 0.6 is 0 Å². The van der Waals surface area contributed by atoms with Crippen LogP contribution in [0, 0.1) is 0 Å². The zero-order chi connectivity index (χ0) is 55.0. The minimum absolute atomic E-state index is 0.0138. The highest BCUT2D eigenvalue weighted by Gasteiger charge is 2.20. The van der Waals surface area contributed by atoms with Gasteiger partial charge >= 0.3 is 5.97 Å². The predicted molar refractivity (Wildman–Crippen MR) is 333 cm³/mol. The number of allylic oxidation sites excluding steroid dienone is 4. The van der Waals surface area contributed by atoms with Gasteiger partial charge in [0.25, 0.3) is 0 Å². The Morgan fingerprint density at radius 1 is 0.355 bits per heavy atom. The second kappa shape index (κ2) is 65.9. The van der Waals surface area contributed by atoms with E-state index in [1.165, 1.54) is 308 Å². The fraction of sp³-hybridized carbons (Fsp3) is 0.914. The SMILES string of the molecule is CCCCCCCC/C=C\CCCCCCCCCCCC(=O)OCCCCCCCCCCCCCC/C=C\CCCCCCCCCCCC(=O)NC(CO)C(O)CCCCCCCCCCCCCCCCC. The molecule has 1 amide bonds. The van der Waals surface area contributed by atoms with Crippen molar-refractivity contribution in [3.8, 4) is 0 Å². The molecule has 2 unspecified atom stereocenters. The first-order valence-electron chi connectivity index (χ1n) is 34.6. The summed E-state index contributed by atoms with van der Waals surface area (Å²) in [6.07, 6.45) is 82.2. The number of rotatable bonds is 65. The van der Waals surface area contributed by atoms with Crippen LogP contribution in [0.25, 0.3) is 0 Å². The van der Waals surface area contributed by atoms with E-state index >= 15 is 0 Å². The minimum atomic E-state index is -0.666. The van der Waals surface area contributed by atoms with E-state index in [9.17, 15) is 19.8 Å². The summed E-state index contributed by atoms with van der Waals surface area (Å²) in [4.78, 5) is 24.6. The third-order valence-electron chi connectivity index (χ3n) is 16.2. The minimum Gasteiger partial charge on any atom is -0.466 e. The van der Waals surface area contributed by atoms with Crippen LogP contribution in [0.3, 0.4) is 0 Å². The van der Waals surface area contributed by atoms with Gasteiger partial charge in [-0.3, -0.25) is 9.59 Å². The van der Waals surface area contributed by atoms with Crippen LogP contribution in [0.2, 0.25) is 0 Å². The van der Waals surface area contributed by atoms with Crippen LogP contribution in [0.15, 0.2) is 24.3 Å². The molecule has 76 heavy (non-hydrogen) atoms. The Labute approximate surface area is 475 Å². The summed E-state index contributed by atoms with van der Waals surface area (Å²) in [6.45, 7) is 4.98. The van der Waals surface area contributed by atoms with E-state index < -0.39 is 12.1 Å². The molecule has 6 heteroatoms. The standard InChI is InChI=1S/C70H135NO5/c1-3-5-7-9-11-13-15-17-19-20-28-32-36-40-44-48-52-56-60-64-70(75)76-65-61-57-53-49-45-41-37-33-30-27-25-23-21-22-24-26-29-31-35-39-43-47-51-55-59-63-69(74)71-67(66-72)68(73)62-58-54-50-46-42-38-34-18-16-14-12-10-8-6-4-2/h17,19,22,24,67-68,72-73H,3-16,18,20-21,23,25-66H2,1-2H3,(H,71,74)/b19-17-,24-22-. The highest BCUT2D eigenvalue weighted by atomic mass is 16.5. The fourth-order valence-corrected chi connectivity index (χ4v) is 10.9. The van der Waals surface area contributed by atoms with Crippen molar-refractivity contribution < 1.29 is 24.5 Å². The number of carbonyl (C=O) groups excluding carboxylic acids is 2. The third kappa shape index (κ3) is 61.6. The third-order valence-corrected chi connectivity index (χ3v) is 16.2. The van der Waals surface area contributed by atoms with Crippen LogP contribution in [0.4, 0.5) is 0 Å². The summed E-state index contributed by atoms with van der Waals surface area (Å²) >= 11 is 0. The van der Waals surface area contributed by atoms with E-state index in [0.717, 1.165) is 44.9 Å². The fourth-order valence-electron chi connectivity index (χ4n) is 10.9. The molecule has 0 saturated heterocycles. The largest absolute Gasteiger partial charge is 0.466 e. The Morgan fingerprint density at radius 2 is 0.618 bits per heavy atom. The Hall–Kier alpha value is -1.66. The zero-order valence-corrected chi connectivity index (χ0v) is 51.5. The van der Waals surface area contributed by atoms with Crippen molar-refractivity contribution in [3.63, 3.8) is 0 Å². The van der Waals surface area contributed by atoms with Gasteiger partial charge in [-0.1, -0.05) is 321 Å². The Balaban J connectivity index is 3.37.